The summed E-state index contributed by atoms with van der Waals surface area (Å²) in [5, 5.41) is 0. The van der Waals surface area contributed by atoms with Crippen molar-refractivity contribution in [3.8, 4) is 0 Å². The van der Waals surface area contributed by atoms with E-state index in [9.17, 15) is 13.6 Å². The Morgan fingerprint density at radius 3 is 2.65 bits per heavy atom. The minimum Gasteiger partial charge on any atom is -0.332 e. The molecular formula is C18H18F2N2O. The third kappa shape index (κ3) is 3.38. The SMILES string of the molecule is O=C(c1cc(F)ccc1F)N1CCCCCC1c1ccncc1. The van der Waals surface area contributed by atoms with Crippen molar-refractivity contribution in [1.29, 1.82) is 0 Å². The molecule has 0 radical (unpaired) electrons. The monoisotopic (exact) mass is 316 g/mol. The number of halogens is 2. The molecular weight excluding hydrogens is 298 g/mol. The molecule has 1 atom stereocenters. The maximum absolute atomic E-state index is 14.0. The summed E-state index contributed by atoms with van der Waals surface area (Å²) in [4.78, 5) is 18.5. The van der Waals surface area contributed by atoms with Crippen LogP contribution in [-0.4, -0.2) is 22.3 Å². The second-order valence-electron chi connectivity index (χ2n) is 5.77. The quantitative estimate of drug-likeness (QED) is 0.835. The number of rotatable bonds is 2. The predicted octanol–water partition coefficient (Wildman–Crippen LogP) is 4.12. The summed E-state index contributed by atoms with van der Waals surface area (Å²) in [6.07, 6.45) is 7.08. The van der Waals surface area contributed by atoms with Crippen LogP contribution in [-0.2, 0) is 0 Å². The fourth-order valence-corrected chi connectivity index (χ4v) is 3.10. The van der Waals surface area contributed by atoms with E-state index in [0.29, 0.717) is 6.54 Å². The molecule has 3 rings (SSSR count). The number of likely N-dealkylation sites (tertiary alicyclic amines) is 1. The minimum atomic E-state index is -0.686. The summed E-state index contributed by atoms with van der Waals surface area (Å²) in [6.45, 7) is 0.543. The van der Waals surface area contributed by atoms with Crippen molar-refractivity contribution in [2.24, 2.45) is 0 Å². The third-order valence-electron chi connectivity index (χ3n) is 4.26. The fourth-order valence-electron chi connectivity index (χ4n) is 3.10. The van der Waals surface area contributed by atoms with Crippen molar-refractivity contribution >= 4 is 5.91 Å². The lowest BCUT2D eigenvalue weighted by molar-refractivity contribution is 0.0675. The number of nitrogens with zero attached hydrogens (tertiary/aromatic N) is 2. The lowest BCUT2D eigenvalue weighted by Gasteiger charge is -2.30. The zero-order valence-corrected chi connectivity index (χ0v) is 12.7. The highest BCUT2D eigenvalue weighted by molar-refractivity contribution is 5.94. The molecule has 5 heteroatoms. The number of carbonyl (C=O) groups is 1. The molecule has 1 amide bonds. The molecule has 1 unspecified atom stereocenters. The zero-order chi connectivity index (χ0) is 16.2. The maximum Gasteiger partial charge on any atom is 0.257 e. The van der Waals surface area contributed by atoms with E-state index in [0.717, 1.165) is 49.4 Å². The molecule has 120 valence electrons. The summed E-state index contributed by atoms with van der Waals surface area (Å²) in [5.41, 5.74) is 0.776. The van der Waals surface area contributed by atoms with E-state index in [4.69, 9.17) is 0 Å². The zero-order valence-electron chi connectivity index (χ0n) is 12.7. The number of amides is 1. The maximum atomic E-state index is 14.0. The number of aromatic nitrogens is 1. The highest BCUT2D eigenvalue weighted by atomic mass is 19.1. The van der Waals surface area contributed by atoms with Gasteiger partial charge >= 0.3 is 0 Å². The van der Waals surface area contributed by atoms with Crippen molar-refractivity contribution in [1.82, 2.24) is 9.88 Å². The first-order valence-corrected chi connectivity index (χ1v) is 7.83. The van der Waals surface area contributed by atoms with Gasteiger partial charge in [-0.3, -0.25) is 9.78 Å². The molecule has 0 bridgehead atoms. The number of benzene rings is 1. The summed E-state index contributed by atoms with van der Waals surface area (Å²) >= 11 is 0. The van der Waals surface area contributed by atoms with Crippen LogP contribution in [0.2, 0.25) is 0 Å². The van der Waals surface area contributed by atoms with Gasteiger partial charge in [0.05, 0.1) is 11.6 Å². The second kappa shape index (κ2) is 6.86. The molecule has 2 aromatic rings. The molecule has 0 N–H and O–H groups in total. The van der Waals surface area contributed by atoms with Gasteiger partial charge in [0, 0.05) is 18.9 Å². The fraction of sp³-hybridized carbons (Fsp3) is 0.333. The lowest BCUT2D eigenvalue weighted by Crippen LogP contribution is -2.35. The number of hydrogen-bond donors (Lipinski definition) is 0. The first-order chi connectivity index (χ1) is 11.2. The molecule has 0 aliphatic carbocycles. The van der Waals surface area contributed by atoms with E-state index in [1.165, 1.54) is 0 Å². The first kappa shape index (κ1) is 15.6. The van der Waals surface area contributed by atoms with Gasteiger partial charge in [0.1, 0.15) is 11.6 Å². The molecule has 23 heavy (non-hydrogen) atoms. The minimum absolute atomic E-state index is 0.129. The highest BCUT2D eigenvalue weighted by Crippen LogP contribution is 2.31. The van der Waals surface area contributed by atoms with Gasteiger partial charge in [-0.15, -0.1) is 0 Å². The highest BCUT2D eigenvalue weighted by Gasteiger charge is 2.29. The van der Waals surface area contributed by atoms with E-state index < -0.39 is 17.5 Å². The molecule has 1 aromatic carbocycles. The summed E-state index contributed by atoms with van der Waals surface area (Å²) in [7, 11) is 0. The van der Waals surface area contributed by atoms with E-state index in [-0.39, 0.29) is 11.6 Å². The average molecular weight is 316 g/mol. The Hall–Kier alpha value is -2.30. The molecule has 1 saturated heterocycles. The Kier molecular flexibility index (Phi) is 4.65. The van der Waals surface area contributed by atoms with Gasteiger partial charge in [-0.2, -0.15) is 0 Å². The molecule has 2 heterocycles. The van der Waals surface area contributed by atoms with Crippen LogP contribution in [0.1, 0.15) is 47.6 Å². The van der Waals surface area contributed by atoms with Gasteiger partial charge in [0.2, 0.25) is 0 Å². The van der Waals surface area contributed by atoms with Crippen molar-refractivity contribution in [2.45, 2.75) is 31.7 Å². The Labute approximate surface area is 134 Å². The molecule has 0 spiro atoms. The van der Waals surface area contributed by atoms with Crippen molar-refractivity contribution in [2.75, 3.05) is 6.54 Å². The van der Waals surface area contributed by atoms with Gasteiger partial charge in [0.15, 0.2) is 0 Å². The van der Waals surface area contributed by atoms with E-state index in [1.807, 2.05) is 12.1 Å². The number of pyridine rings is 1. The predicted molar refractivity (Wildman–Crippen MR) is 82.8 cm³/mol. The Balaban J connectivity index is 1.96. The van der Waals surface area contributed by atoms with Crippen LogP contribution in [0.25, 0.3) is 0 Å². The van der Waals surface area contributed by atoms with Crippen LogP contribution >= 0.6 is 0 Å². The van der Waals surface area contributed by atoms with Crippen LogP contribution in [0, 0.1) is 11.6 Å². The van der Waals surface area contributed by atoms with E-state index in [1.54, 1.807) is 17.3 Å². The van der Waals surface area contributed by atoms with Crippen LogP contribution in [0.4, 0.5) is 8.78 Å². The van der Waals surface area contributed by atoms with Gasteiger partial charge < -0.3 is 4.90 Å². The Morgan fingerprint density at radius 2 is 1.87 bits per heavy atom. The molecule has 3 nitrogen and oxygen atoms in total. The van der Waals surface area contributed by atoms with Gasteiger partial charge in [-0.1, -0.05) is 12.8 Å². The van der Waals surface area contributed by atoms with Gasteiger partial charge in [0.25, 0.3) is 5.91 Å². The molecule has 1 aliphatic rings. The van der Waals surface area contributed by atoms with Crippen LogP contribution in [0.15, 0.2) is 42.7 Å². The molecule has 0 saturated carbocycles. The smallest absolute Gasteiger partial charge is 0.257 e. The molecule has 1 fully saturated rings. The van der Waals surface area contributed by atoms with Crippen LogP contribution in [0.3, 0.4) is 0 Å². The van der Waals surface area contributed by atoms with Crippen LogP contribution in [0.5, 0.6) is 0 Å². The summed E-state index contributed by atoms with van der Waals surface area (Å²) in [5.74, 6) is -1.75. The standard InChI is InChI=1S/C18H18F2N2O/c19-14-5-6-16(20)15(12-14)18(23)22-11-3-1-2-4-17(22)13-7-9-21-10-8-13/h5-10,12,17H,1-4,11H2. The summed E-state index contributed by atoms with van der Waals surface area (Å²) in [6, 6.07) is 6.62. The Bertz CT molecular complexity index is 691. The van der Waals surface area contributed by atoms with Crippen LogP contribution < -0.4 is 0 Å². The Morgan fingerprint density at radius 1 is 1.09 bits per heavy atom. The van der Waals surface area contributed by atoms with Crippen molar-refractivity contribution < 1.29 is 13.6 Å². The molecule has 1 aliphatic heterocycles. The van der Waals surface area contributed by atoms with Gasteiger partial charge in [-0.25, -0.2) is 8.78 Å². The topological polar surface area (TPSA) is 33.2 Å². The van der Waals surface area contributed by atoms with Crippen molar-refractivity contribution in [3.63, 3.8) is 0 Å². The lowest BCUT2D eigenvalue weighted by atomic mass is 10.0. The largest absolute Gasteiger partial charge is 0.332 e. The average Bonchev–Trinajstić information content (AvgIpc) is 2.83. The second-order valence-corrected chi connectivity index (χ2v) is 5.77. The number of carbonyl (C=O) groups excluding carboxylic acids is 1. The van der Waals surface area contributed by atoms with E-state index >= 15 is 0 Å². The molecule has 1 aromatic heterocycles. The van der Waals surface area contributed by atoms with Crippen molar-refractivity contribution in [3.05, 3.63) is 65.5 Å². The van der Waals surface area contributed by atoms with Gasteiger partial charge in [-0.05, 0) is 48.7 Å². The van der Waals surface area contributed by atoms with E-state index in [2.05, 4.69) is 4.98 Å². The normalized spacial score (nSPS) is 18.5. The third-order valence-corrected chi connectivity index (χ3v) is 4.26. The number of hydrogen-bond acceptors (Lipinski definition) is 2. The summed E-state index contributed by atoms with van der Waals surface area (Å²) < 4.78 is 27.4. The first-order valence-electron chi connectivity index (χ1n) is 7.83.